The third kappa shape index (κ3) is 3.80. The topological polar surface area (TPSA) is 106 Å². The molecule has 1 fully saturated rings. The molecule has 31 heavy (non-hydrogen) atoms. The van der Waals surface area contributed by atoms with Crippen molar-refractivity contribution < 1.29 is 18.9 Å². The van der Waals surface area contributed by atoms with Gasteiger partial charge >= 0.3 is 0 Å². The highest BCUT2D eigenvalue weighted by molar-refractivity contribution is 6.33. The Morgan fingerprint density at radius 3 is 2.55 bits per heavy atom. The highest BCUT2D eigenvalue weighted by Crippen LogP contribution is 2.34. The van der Waals surface area contributed by atoms with Crippen LogP contribution in [0.15, 0.2) is 58.5 Å². The van der Waals surface area contributed by atoms with Crippen LogP contribution >= 0.6 is 11.6 Å². The number of nitro benzene ring substituents is 1. The van der Waals surface area contributed by atoms with Crippen molar-refractivity contribution in [1.29, 1.82) is 0 Å². The van der Waals surface area contributed by atoms with Crippen LogP contribution in [0.1, 0.15) is 16.9 Å². The second kappa shape index (κ2) is 7.73. The molecular weight excluding hydrogens is 422 g/mol. The summed E-state index contributed by atoms with van der Waals surface area (Å²) in [6.45, 7) is 3.64. The molecule has 9 heteroatoms. The number of furan rings is 1. The van der Waals surface area contributed by atoms with Gasteiger partial charge in [0.05, 0.1) is 16.2 Å². The lowest BCUT2D eigenvalue weighted by atomic mass is 10.0. The lowest BCUT2D eigenvalue weighted by molar-refractivity contribution is -0.384. The number of aryl methyl sites for hydroxylation is 2. The number of hydrogen-bond acceptors (Lipinski definition) is 5. The Morgan fingerprint density at radius 2 is 1.84 bits per heavy atom. The van der Waals surface area contributed by atoms with Gasteiger partial charge in [0.25, 0.3) is 17.5 Å². The summed E-state index contributed by atoms with van der Waals surface area (Å²) in [4.78, 5) is 36.1. The van der Waals surface area contributed by atoms with E-state index < -0.39 is 16.7 Å². The first-order valence-electron chi connectivity index (χ1n) is 9.23. The molecule has 8 nitrogen and oxygen atoms in total. The molecular formula is C22H16ClN3O5. The zero-order valence-corrected chi connectivity index (χ0v) is 17.3. The van der Waals surface area contributed by atoms with E-state index in [1.165, 1.54) is 12.1 Å². The van der Waals surface area contributed by atoms with Crippen LogP contribution in [0.25, 0.3) is 17.4 Å². The van der Waals surface area contributed by atoms with E-state index in [0.717, 1.165) is 16.1 Å². The molecule has 1 aliphatic heterocycles. The van der Waals surface area contributed by atoms with Gasteiger partial charge in [-0.15, -0.1) is 0 Å². The van der Waals surface area contributed by atoms with Crippen LogP contribution < -0.4 is 10.4 Å². The molecule has 3 aromatic rings. The molecule has 0 unspecified atom stereocenters. The number of hydrogen-bond donors (Lipinski definition) is 1. The van der Waals surface area contributed by atoms with Gasteiger partial charge in [0.2, 0.25) is 0 Å². The summed E-state index contributed by atoms with van der Waals surface area (Å²) >= 11 is 5.96. The molecule has 0 bridgehead atoms. The molecule has 2 heterocycles. The fourth-order valence-electron chi connectivity index (χ4n) is 3.22. The average molecular weight is 438 g/mol. The molecule has 0 spiro atoms. The van der Waals surface area contributed by atoms with Crippen molar-refractivity contribution in [2.75, 3.05) is 5.01 Å². The lowest BCUT2D eigenvalue weighted by Crippen LogP contribution is -2.35. The molecule has 0 radical (unpaired) electrons. The number of carbonyl (C=O) groups is 2. The van der Waals surface area contributed by atoms with Crippen molar-refractivity contribution in [2.45, 2.75) is 13.8 Å². The Hall–Kier alpha value is -3.91. The number of benzene rings is 2. The van der Waals surface area contributed by atoms with Gasteiger partial charge in [0, 0.05) is 11.1 Å². The zero-order chi connectivity index (χ0) is 22.3. The first kappa shape index (κ1) is 20.4. The van der Waals surface area contributed by atoms with E-state index >= 15 is 0 Å². The Labute approximate surface area is 181 Å². The van der Waals surface area contributed by atoms with E-state index in [0.29, 0.717) is 16.3 Å². The van der Waals surface area contributed by atoms with Gasteiger partial charge in [-0.05, 0) is 67.4 Å². The summed E-state index contributed by atoms with van der Waals surface area (Å²) in [7, 11) is 0. The molecule has 156 valence electrons. The molecule has 0 atom stereocenters. The van der Waals surface area contributed by atoms with E-state index in [1.807, 2.05) is 6.92 Å². The Bertz CT molecular complexity index is 1280. The number of carbonyl (C=O) groups excluding carboxylic acids is 2. The molecule has 0 aliphatic carbocycles. The van der Waals surface area contributed by atoms with Gasteiger partial charge in [0.1, 0.15) is 17.1 Å². The van der Waals surface area contributed by atoms with Gasteiger partial charge in [-0.1, -0.05) is 17.7 Å². The van der Waals surface area contributed by atoms with E-state index in [1.54, 1.807) is 49.4 Å². The number of nitrogens with one attached hydrogen (secondary N) is 1. The fraction of sp³-hybridized carbons (Fsp3) is 0.0909. The van der Waals surface area contributed by atoms with Crippen LogP contribution in [0.2, 0.25) is 5.02 Å². The smallest absolute Gasteiger partial charge is 0.282 e. The fourth-order valence-corrected chi connectivity index (χ4v) is 3.41. The number of anilines is 1. The summed E-state index contributed by atoms with van der Waals surface area (Å²) in [5.41, 5.74) is 4.67. The van der Waals surface area contributed by atoms with Crippen LogP contribution in [-0.2, 0) is 9.59 Å². The lowest BCUT2D eigenvalue weighted by Gasteiger charge is -2.14. The van der Waals surface area contributed by atoms with Crippen molar-refractivity contribution in [3.05, 3.63) is 86.1 Å². The molecule has 2 amide bonds. The monoisotopic (exact) mass is 437 g/mol. The maximum Gasteiger partial charge on any atom is 0.282 e. The summed E-state index contributed by atoms with van der Waals surface area (Å²) in [6, 6.07) is 12.8. The van der Waals surface area contributed by atoms with Crippen molar-refractivity contribution in [2.24, 2.45) is 0 Å². The molecule has 1 aliphatic rings. The summed E-state index contributed by atoms with van der Waals surface area (Å²) < 4.78 is 5.72. The van der Waals surface area contributed by atoms with E-state index in [9.17, 15) is 19.7 Å². The van der Waals surface area contributed by atoms with Gasteiger partial charge in [-0.3, -0.25) is 25.1 Å². The zero-order valence-electron chi connectivity index (χ0n) is 16.5. The predicted octanol–water partition coefficient (Wildman–Crippen LogP) is 4.59. The van der Waals surface area contributed by atoms with Gasteiger partial charge in [0.15, 0.2) is 0 Å². The van der Waals surface area contributed by atoms with Crippen LogP contribution in [0, 0.1) is 24.0 Å². The van der Waals surface area contributed by atoms with Gasteiger partial charge in [-0.25, -0.2) is 5.01 Å². The molecule has 1 aromatic heterocycles. The maximum absolute atomic E-state index is 12.7. The number of nitro groups is 1. The standard InChI is InChI=1S/C22H16ClN3O5/c1-12-8-17(19(26(29)30)9-13(12)2)20-7-6-16(31-20)11-18-21(27)24-25(22(18)28)15-5-3-4-14(23)10-15/h3-11H,1-2H3,(H,24,27)/b18-11+. The Balaban J connectivity index is 1.68. The highest BCUT2D eigenvalue weighted by atomic mass is 35.5. The predicted molar refractivity (Wildman–Crippen MR) is 115 cm³/mol. The first-order chi connectivity index (χ1) is 14.7. The molecule has 0 saturated carbocycles. The molecule has 1 N–H and O–H groups in total. The highest BCUT2D eigenvalue weighted by Gasteiger charge is 2.35. The maximum atomic E-state index is 12.7. The van der Waals surface area contributed by atoms with Gasteiger partial charge in [-0.2, -0.15) is 0 Å². The van der Waals surface area contributed by atoms with Gasteiger partial charge < -0.3 is 4.42 Å². The summed E-state index contributed by atoms with van der Waals surface area (Å²) in [5, 5.41) is 13.0. The number of hydrazine groups is 1. The van der Waals surface area contributed by atoms with E-state index in [2.05, 4.69) is 5.43 Å². The Morgan fingerprint density at radius 1 is 1.10 bits per heavy atom. The largest absolute Gasteiger partial charge is 0.456 e. The van der Waals surface area contributed by atoms with Crippen LogP contribution in [-0.4, -0.2) is 16.7 Å². The number of halogens is 1. The number of rotatable bonds is 4. The van der Waals surface area contributed by atoms with Crippen LogP contribution in [0.5, 0.6) is 0 Å². The average Bonchev–Trinajstić information content (AvgIpc) is 3.30. The summed E-state index contributed by atoms with van der Waals surface area (Å²) in [5.74, 6) is -0.685. The Kier molecular flexibility index (Phi) is 5.08. The van der Waals surface area contributed by atoms with Crippen molar-refractivity contribution in [3.63, 3.8) is 0 Å². The van der Waals surface area contributed by atoms with Crippen molar-refractivity contribution in [1.82, 2.24) is 5.43 Å². The minimum atomic E-state index is -0.597. The minimum absolute atomic E-state index is 0.0847. The summed E-state index contributed by atoms with van der Waals surface area (Å²) in [6.07, 6.45) is 1.30. The molecule has 1 saturated heterocycles. The first-order valence-corrected chi connectivity index (χ1v) is 9.61. The van der Waals surface area contributed by atoms with E-state index in [4.69, 9.17) is 16.0 Å². The molecule has 2 aromatic carbocycles. The quantitative estimate of drug-likeness (QED) is 0.278. The number of nitrogens with zero attached hydrogens (tertiary/aromatic N) is 2. The molecule has 4 rings (SSSR count). The van der Waals surface area contributed by atoms with E-state index in [-0.39, 0.29) is 22.8 Å². The SMILES string of the molecule is Cc1cc(-c2ccc(/C=C3\C(=O)NN(c4cccc(Cl)c4)C3=O)o2)c([N+](=O)[O-])cc1C. The van der Waals surface area contributed by atoms with Crippen molar-refractivity contribution >= 4 is 40.9 Å². The number of amides is 2. The van der Waals surface area contributed by atoms with Crippen LogP contribution in [0.3, 0.4) is 0 Å². The third-order valence-corrected chi connectivity index (χ3v) is 5.18. The normalized spacial score (nSPS) is 14.9. The minimum Gasteiger partial charge on any atom is -0.456 e. The van der Waals surface area contributed by atoms with Crippen LogP contribution in [0.4, 0.5) is 11.4 Å². The third-order valence-electron chi connectivity index (χ3n) is 4.95. The van der Waals surface area contributed by atoms with Crippen molar-refractivity contribution in [3.8, 4) is 11.3 Å². The second-order valence-corrected chi connectivity index (χ2v) is 7.47. The second-order valence-electron chi connectivity index (χ2n) is 7.03.